The smallest absolute Gasteiger partial charge is 0.00670 e. The van der Waals surface area contributed by atoms with Gasteiger partial charge in [-0.3, -0.25) is 0 Å². The second-order valence-corrected chi connectivity index (χ2v) is 5.54. The predicted octanol–water partition coefficient (Wildman–Crippen LogP) is 2.78. The van der Waals surface area contributed by atoms with Gasteiger partial charge in [0.05, 0.1) is 0 Å². The molecule has 94 valence electrons. The van der Waals surface area contributed by atoms with Crippen molar-refractivity contribution in [1.29, 1.82) is 0 Å². The quantitative estimate of drug-likeness (QED) is 0.722. The zero-order valence-corrected chi connectivity index (χ0v) is 10.7. The first kappa shape index (κ1) is 12.4. The molecule has 1 aliphatic carbocycles. The van der Waals surface area contributed by atoms with Crippen LogP contribution in [-0.4, -0.2) is 37.1 Å². The molecule has 0 spiro atoms. The van der Waals surface area contributed by atoms with Crippen LogP contribution in [-0.2, 0) is 0 Å². The minimum atomic E-state index is 0.843. The molecule has 2 rings (SSSR count). The minimum Gasteiger partial charge on any atom is -0.314 e. The van der Waals surface area contributed by atoms with Gasteiger partial charge >= 0.3 is 0 Å². The Labute approximate surface area is 101 Å². The summed E-state index contributed by atoms with van der Waals surface area (Å²) in [6.45, 7) is 5.26. The van der Waals surface area contributed by atoms with E-state index >= 15 is 0 Å². The summed E-state index contributed by atoms with van der Waals surface area (Å²) in [6, 6.07) is 0.843. The fourth-order valence-corrected chi connectivity index (χ4v) is 3.10. The zero-order chi connectivity index (χ0) is 11.1. The van der Waals surface area contributed by atoms with Gasteiger partial charge in [0.25, 0.3) is 0 Å². The maximum absolute atomic E-state index is 3.73. The number of piperidine rings is 1. The number of nitrogens with one attached hydrogen (secondary N) is 1. The summed E-state index contributed by atoms with van der Waals surface area (Å²) < 4.78 is 0. The second-order valence-electron chi connectivity index (χ2n) is 5.54. The van der Waals surface area contributed by atoms with Gasteiger partial charge in [-0.25, -0.2) is 0 Å². The van der Waals surface area contributed by atoms with E-state index in [0.717, 1.165) is 6.04 Å². The molecule has 2 fully saturated rings. The third-order valence-corrected chi connectivity index (χ3v) is 4.14. The summed E-state index contributed by atoms with van der Waals surface area (Å²) in [7, 11) is 0. The van der Waals surface area contributed by atoms with Crippen LogP contribution in [0.4, 0.5) is 0 Å². The third-order valence-electron chi connectivity index (χ3n) is 4.14. The van der Waals surface area contributed by atoms with E-state index in [4.69, 9.17) is 0 Å². The topological polar surface area (TPSA) is 15.3 Å². The SMILES string of the molecule is C1CCC(NCCCN2CCCCC2)CC1. The molecule has 2 aliphatic rings. The van der Waals surface area contributed by atoms with E-state index in [-0.39, 0.29) is 0 Å². The number of likely N-dealkylation sites (tertiary alicyclic amines) is 1. The normalized spacial score (nSPS) is 24.8. The van der Waals surface area contributed by atoms with E-state index < -0.39 is 0 Å². The van der Waals surface area contributed by atoms with Gasteiger partial charge < -0.3 is 10.2 Å². The molecule has 2 heteroatoms. The first-order valence-corrected chi connectivity index (χ1v) is 7.41. The molecule has 0 radical (unpaired) electrons. The lowest BCUT2D eigenvalue weighted by molar-refractivity contribution is 0.223. The fraction of sp³-hybridized carbons (Fsp3) is 1.00. The Morgan fingerprint density at radius 3 is 2.31 bits per heavy atom. The Kier molecular flexibility index (Phi) is 5.64. The van der Waals surface area contributed by atoms with E-state index in [1.807, 2.05) is 0 Å². The lowest BCUT2D eigenvalue weighted by Crippen LogP contribution is -2.35. The average molecular weight is 224 g/mol. The zero-order valence-electron chi connectivity index (χ0n) is 10.7. The maximum Gasteiger partial charge on any atom is 0.00670 e. The van der Waals surface area contributed by atoms with Gasteiger partial charge in [0.2, 0.25) is 0 Å². The standard InChI is InChI=1S/C14H28N2/c1-3-8-14(9-4-1)15-10-7-13-16-11-5-2-6-12-16/h14-15H,1-13H2. The van der Waals surface area contributed by atoms with Crippen molar-refractivity contribution in [3.8, 4) is 0 Å². The summed E-state index contributed by atoms with van der Waals surface area (Å²) in [4.78, 5) is 2.64. The van der Waals surface area contributed by atoms with Crippen LogP contribution in [0, 0.1) is 0 Å². The van der Waals surface area contributed by atoms with Gasteiger partial charge in [0, 0.05) is 6.04 Å². The van der Waals surface area contributed by atoms with Crippen molar-refractivity contribution in [2.45, 2.75) is 63.8 Å². The Morgan fingerprint density at radius 2 is 1.56 bits per heavy atom. The molecule has 0 atom stereocenters. The maximum atomic E-state index is 3.73. The summed E-state index contributed by atoms with van der Waals surface area (Å²) in [5, 5.41) is 3.73. The molecule has 0 amide bonds. The molecule has 1 saturated heterocycles. The highest BCUT2D eigenvalue weighted by atomic mass is 15.1. The summed E-state index contributed by atoms with van der Waals surface area (Å²) in [5.74, 6) is 0. The van der Waals surface area contributed by atoms with E-state index in [9.17, 15) is 0 Å². The van der Waals surface area contributed by atoms with E-state index in [1.54, 1.807) is 0 Å². The average Bonchev–Trinajstić information content (AvgIpc) is 2.37. The molecule has 0 bridgehead atoms. The van der Waals surface area contributed by atoms with E-state index in [2.05, 4.69) is 10.2 Å². The number of nitrogens with zero attached hydrogens (tertiary/aromatic N) is 1. The van der Waals surface area contributed by atoms with Crippen LogP contribution in [0.5, 0.6) is 0 Å². The Morgan fingerprint density at radius 1 is 0.875 bits per heavy atom. The van der Waals surface area contributed by atoms with E-state index in [1.165, 1.54) is 84.0 Å². The highest BCUT2D eigenvalue weighted by Crippen LogP contribution is 2.17. The van der Waals surface area contributed by atoms with Gasteiger partial charge in [-0.05, 0) is 58.3 Å². The molecular formula is C14H28N2. The van der Waals surface area contributed by atoms with Gasteiger partial charge in [-0.1, -0.05) is 25.7 Å². The van der Waals surface area contributed by atoms with Gasteiger partial charge in [0.15, 0.2) is 0 Å². The predicted molar refractivity (Wildman–Crippen MR) is 69.8 cm³/mol. The van der Waals surface area contributed by atoms with E-state index in [0.29, 0.717) is 0 Å². The van der Waals surface area contributed by atoms with Crippen LogP contribution in [0.2, 0.25) is 0 Å². The molecule has 0 aromatic carbocycles. The molecule has 0 aromatic heterocycles. The molecule has 0 aromatic rings. The van der Waals surface area contributed by atoms with Crippen LogP contribution in [0.25, 0.3) is 0 Å². The van der Waals surface area contributed by atoms with Crippen molar-refractivity contribution in [3.05, 3.63) is 0 Å². The van der Waals surface area contributed by atoms with Crippen molar-refractivity contribution in [2.24, 2.45) is 0 Å². The molecule has 1 saturated carbocycles. The number of rotatable bonds is 5. The van der Waals surface area contributed by atoms with Crippen LogP contribution < -0.4 is 5.32 Å². The largest absolute Gasteiger partial charge is 0.314 e. The Hall–Kier alpha value is -0.0800. The van der Waals surface area contributed by atoms with Crippen molar-refractivity contribution in [1.82, 2.24) is 10.2 Å². The molecular weight excluding hydrogens is 196 g/mol. The van der Waals surface area contributed by atoms with Gasteiger partial charge in [-0.15, -0.1) is 0 Å². The molecule has 0 unspecified atom stereocenters. The molecule has 16 heavy (non-hydrogen) atoms. The number of hydrogen-bond acceptors (Lipinski definition) is 2. The summed E-state index contributed by atoms with van der Waals surface area (Å²) in [5.41, 5.74) is 0. The highest BCUT2D eigenvalue weighted by Gasteiger charge is 2.12. The molecule has 1 N–H and O–H groups in total. The molecule has 2 nitrogen and oxygen atoms in total. The first-order valence-electron chi connectivity index (χ1n) is 7.41. The fourth-order valence-electron chi connectivity index (χ4n) is 3.10. The van der Waals surface area contributed by atoms with Crippen LogP contribution in [0.3, 0.4) is 0 Å². The third kappa shape index (κ3) is 4.42. The highest BCUT2D eigenvalue weighted by molar-refractivity contribution is 4.72. The lowest BCUT2D eigenvalue weighted by Gasteiger charge is -2.27. The Bertz CT molecular complexity index is 150. The van der Waals surface area contributed by atoms with Crippen LogP contribution >= 0.6 is 0 Å². The minimum absolute atomic E-state index is 0.843. The van der Waals surface area contributed by atoms with Crippen LogP contribution in [0.1, 0.15) is 57.8 Å². The van der Waals surface area contributed by atoms with Crippen molar-refractivity contribution in [2.75, 3.05) is 26.2 Å². The monoisotopic (exact) mass is 224 g/mol. The van der Waals surface area contributed by atoms with Crippen molar-refractivity contribution >= 4 is 0 Å². The first-order chi connectivity index (χ1) is 7.95. The van der Waals surface area contributed by atoms with Crippen molar-refractivity contribution in [3.63, 3.8) is 0 Å². The van der Waals surface area contributed by atoms with Gasteiger partial charge in [-0.2, -0.15) is 0 Å². The molecule has 1 aliphatic heterocycles. The van der Waals surface area contributed by atoms with Crippen LogP contribution in [0.15, 0.2) is 0 Å². The van der Waals surface area contributed by atoms with Crippen molar-refractivity contribution < 1.29 is 0 Å². The number of hydrogen-bond donors (Lipinski definition) is 1. The summed E-state index contributed by atoms with van der Waals surface area (Å²) in [6.07, 6.45) is 12.9. The second kappa shape index (κ2) is 7.29. The Balaban J connectivity index is 1.47. The molecule has 1 heterocycles. The summed E-state index contributed by atoms with van der Waals surface area (Å²) >= 11 is 0. The van der Waals surface area contributed by atoms with Gasteiger partial charge in [0.1, 0.15) is 0 Å². The lowest BCUT2D eigenvalue weighted by atomic mass is 9.95.